The zero-order valence-corrected chi connectivity index (χ0v) is 14.7. The summed E-state index contributed by atoms with van der Waals surface area (Å²) in [4.78, 5) is 0.527. The molecule has 0 aromatic heterocycles. The van der Waals surface area contributed by atoms with Crippen LogP contribution >= 0.6 is 23.2 Å². The van der Waals surface area contributed by atoms with E-state index in [4.69, 9.17) is 27.9 Å². The van der Waals surface area contributed by atoms with Gasteiger partial charge in [-0.1, -0.05) is 53.5 Å². The zero-order chi connectivity index (χ0) is 16.9. The lowest BCUT2D eigenvalue weighted by Gasteiger charge is -2.12. The minimum atomic E-state index is -1.49. The summed E-state index contributed by atoms with van der Waals surface area (Å²) in [5, 5.41) is 0.781. The monoisotopic (exact) mass is 377 g/mol. The van der Waals surface area contributed by atoms with E-state index in [0.717, 1.165) is 0 Å². The van der Waals surface area contributed by atoms with Gasteiger partial charge in [-0.15, -0.1) is 0 Å². The minimum absolute atomic E-state index is 0.359. The Kier molecular flexibility index (Phi) is 5.41. The third-order valence-corrected chi connectivity index (χ3v) is 4.99. The summed E-state index contributed by atoms with van der Waals surface area (Å²) in [6, 6.07) is 21.6. The molecule has 0 radical (unpaired) electrons. The van der Waals surface area contributed by atoms with Crippen LogP contribution in [0.5, 0.6) is 11.5 Å². The molecule has 0 amide bonds. The van der Waals surface area contributed by atoms with Crippen LogP contribution in [0.1, 0.15) is 0 Å². The Morgan fingerprint density at radius 2 is 1.54 bits per heavy atom. The number of rotatable bonds is 5. The summed E-state index contributed by atoms with van der Waals surface area (Å²) in [5.41, 5.74) is 0.616. The first-order chi connectivity index (χ1) is 11.6. The molecule has 3 nitrogen and oxygen atoms in total. The summed E-state index contributed by atoms with van der Waals surface area (Å²) in [6.07, 6.45) is 0. The van der Waals surface area contributed by atoms with Crippen LogP contribution in [-0.2, 0) is 11.0 Å². The quantitative estimate of drug-likeness (QED) is 0.598. The molecule has 0 heterocycles. The van der Waals surface area contributed by atoms with Crippen LogP contribution in [0.25, 0.3) is 0 Å². The summed E-state index contributed by atoms with van der Waals surface area (Å²) in [5.74, 6) is 1.28. The Morgan fingerprint density at radius 1 is 0.833 bits per heavy atom. The lowest BCUT2D eigenvalue weighted by Crippen LogP contribution is -2.05. The van der Waals surface area contributed by atoms with Crippen LogP contribution in [-0.4, -0.2) is 4.21 Å². The molecule has 24 heavy (non-hydrogen) atoms. The van der Waals surface area contributed by atoms with Crippen molar-refractivity contribution in [2.75, 3.05) is 4.72 Å². The molecule has 0 fully saturated rings. The van der Waals surface area contributed by atoms with Gasteiger partial charge in [0.25, 0.3) is 0 Å². The summed E-state index contributed by atoms with van der Waals surface area (Å²) in [7, 11) is -1.49. The molecule has 0 aliphatic carbocycles. The van der Waals surface area contributed by atoms with Crippen molar-refractivity contribution in [2.45, 2.75) is 4.90 Å². The van der Waals surface area contributed by atoms with Crippen LogP contribution in [0.2, 0.25) is 10.0 Å². The largest absolute Gasteiger partial charge is 0.455 e. The highest BCUT2D eigenvalue weighted by molar-refractivity contribution is 7.86. The molecule has 1 N–H and O–H groups in total. The van der Waals surface area contributed by atoms with Crippen LogP contribution in [0.3, 0.4) is 0 Å². The minimum Gasteiger partial charge on any atom is -0.455 e. The predicted octanol–water partition coefficient (Wildman–Crippen LogP) is 5.92. The molecule has 3 rings (SSSR count). The van der Waals surface area contributed by atoms with E-state index in [1.54, 1.807) is 30.3 Å². The van der Waals surface area contributed by atoms with Gasteiger partial charge in [-0.2, -0.15) is 0 Å². The molecule has 0 bridgehead atoms. The molecule has 6 heteroatoms. The fraction of sp³-hybridized carbons (Fsp3) is 0. The van der Waals surface area contributed by atoms with E-state index in [1.807, 2.05) is 42.5 Å². The number of ether oxygens (including phenoxy) is 1. The molecule has 1 atom stereocenters. The van der Waals surface area contributed by atoms with Crippen LogP contribution in [0, 0.1) is 0 Å². The van der Waals surface area contributed by atoms with E-state index in [2.05, 4.69) is 4.72 Å². The molecule has 0 spiro atoms. The first-order valence-electron chi connectivity index (χ1n) is 7.09. The van der Waals surface area contributed by atoms with Gasteiger partial charge in [0, 0.05) is 0 Å². The third-order valence-electron chi connectivity index (χ3n) is 3.17. The van der Waals surface area contributed by atoms with Crippen molar-refractivity contribution in [3.05, 3.63) is 82.8 Å². The maximum Gasteiger partial charge on any atom is 0.151 e. The topological polar surface area (TPSA) is 38.3 Å². The fourth-order valence-electron chi connectivity index (χ4n) is 2.01. The third kappa shape index (κ3) is 4.09. The first-order valence-corrected chi connectivity index (χ1v) is 8.99. The standard InChI is InChI=1S/C18H13Cl2NO2S/c19-15-11-10-14(12-16(15)20)24(22)21-17-8-4-5-9-18(17)23-13-6-2-1-3-7-13/h1-12,21H. The molecule has 0 saturated heterocycles. The second-order valence-electron chi connectivity index (χ2n) is 4.86. The van der Waals surface area contributed by atoms with Gasteiger partial charge in [0.2, 0.25) is 0 Å². The Balaban J connectivity index is 1.82. The Labute approximate surface area is 152 Å². The predicted molar refractivity (Wildman–Crippen MR) is 99.5 cm³/mol. The normalized spacial score (nSPS) is 11.8. The number of benzene rings is 3. The lowest BCUT2D eigenvalue weighted by molar-refractivity contribution is 0.485. The summed E-state index contributed by atoms with van der Waals surface area (Å²) in [6.45, 7) is 0. The average molecular weight is 378 g/mol. The zero-order valence-electron chi connectivity index (χ0n) is 12.4. The highest BCUT2D eigenvalue weighted by atomic mass is 35.5. The molecular weight excluding hydrogens is 365 g/mol. The van der Waals surface area contributed by atoms with E-state index in [1.165, 1.54) is 0 Å². The van der Waals surface area contributed by atoms with E-state index in [0.29, 0.717) is 32.1 Å². The van der Waals surface area contributed by atoms with Crippen molar-refractivity contribution < 1.29 is 8.95 Å². The Bertz CT molecular complexity index is 872. The number of anilines is 1. The van der Waals surface area contributed by atoms with Crippen molar-refractivity contribution in [1.29, 1.82) is 0 Å². The first kappa shape index (κ1) is 16.8. The summed E-state index contributed by atoms with van der Waals surface area (Å²) >= 11 is 11.9. The van der Waals surface area contributed by atoms with Gasteiger partial charge >= 0.3 is 0 Å². The van der Waals surface area contributed by atoms with E-state index < -0.39 is 11.0 Å². The molecular formula is C18H13Cl2NO2S. The number of hydrogen-bond acceptors (Lipinski definition) is 2. The van der Waals surface area contributed by atoms with Crippen molar-refractivity contribution in [3.8, 4) is 11.5 Å². The molecule has 3 aromatic rings. The van der Waals surface area contributed by atoms with Crippen LogP contribution < -0.4 is 9.46 Å². The van der Waals surface area contributed by atoms with E-state index >= 15 is 0 Å². The number of nitrogens with one attached hydrogen (secondary N) is 1. The lowest BCUT2D eigenvalue weighted by atomic mass is 10.3. The smallest absolute Gasteiger partial charge is 0.151 e. The summed E-state index contributed by atoms with van der Waals surface area (Å²) < 4.78 is 21.3. The number of halogens is 2. The maximum absolute atomic E-state index is 12.5. The molecule has 0 aliphatic rings. The van der Waals surface area contributed by atoms with Gasteiger partial charge in [-0.25, -0.2) is 4.21 Å². The average Bonchev–Trinajstić information content (AvgIpc) is 2.60. The van der Waals surface area contributed by atoms with E-state index in [9.17, 15) is 4.21 Å². The maximum atomic E-state index is 12.5. The van der Waals surface area contributed by atoms with E-state index in [-0.39, 0.29) is 0 Å². The number of hydrogen-bond donors (Lipinski definition) is 1. The van der Waals surface area contributed by atoms with Crippen molar-refractivity contribution in [2.24, 2.45) is 0 Å². The molecule has 0 saturated carbocycles. The van der Waals surface area contributed by atoms with Crippen molar-refractivity contribution in [1.82, 2.24) is 0 Å². The Hall–Kier alpha value is -2.01. The number of para-hydroxylation sites is 3. The fourth-order valence-corrected chi connectivity index (χ4v) is 3.27. The SMILES string of the molecule is O=S(Nc1ccccc1Oc1ccccc1)c1ccc(Cl)c(Cl)c1. The second-order valence-corrected chi connectivity index (χ2v) is 6.89. The molecule has 3 aromatic carbocycles. The molecule has 1 unspecified atom stereocenters. The van der Waals surface area contributed by atoms with Gasteiger partial charge < -0.3 is 4.74 Å². The van der Waals surface area contributed by atoms with Gasteiger partial charge in [0.1, 0.15) is 16.7 Å². The van der Waals surface area contributed by atoms with Gasteiger partial charge in [0.05, 0.1) is 20.6 Å². The Morgan fingerprint density at radius 3 is 2.29 bits per heavy atom. The van der Waals surface area contributed by atoms with Crippen molar-refractivity contribution in [3.63, 3.8) is 0 Å². The van der Waals surface area contributed by atoms with Gasteiger partial charge in [0.15, 0.2) is 5.75 Å². The highest BCUT2D eigenvalue weighted by Gasteiger charge is 2.10. The van der Waals surface area contributed by atoms with Crippen molar-refractivity contribution >= 4 is 39.9 Å². The molecule has 0 aliphatic heterocycles. The van der Waals surface area contributed by atoms with Gasteiger partial charge in [-0.3, -0.25) is 4.72 Å². The van der Waals surface area contributed by atoms with Crippen LogP contribution in [0.4, 0.5) is 5.69 Å². The second kappa shape index (κ2) is 7.71. The van der Waals surface area contributed by atoms with Gasteiger partial charge in [-0.05, 0) is 42.5 Å². The molecule has 122 valence electrons. The van der Waals surface area contributed by atoms with Crippen LogP contribution in [0.15, 0.2) is 77.7 Å². The highest BCUT2D eigenvalue weighted by Crippen LogP contribution is 2.31.